The van der Waals surface area contributed by atoms with E-state index in [2.05, 4.69) is 29.2 Å². The monoisotopic (exact) mass is 201 g/mol. The summed E-state index contributed by atoms with van der Waals surface area (Å²) >= 11 is 0. The molecule has 0 amide bonds. The van der Waals surface area contributed by atoms with E-state index in [0.29, 0.717) is 6.54 Å². The SMILES string of the molecule is Cn1cncc1-c1ccc(CCN)cc1. The quantitative estimate of drug-likeness (QED) is 0.819. The molecule has 0 saturated carbocycles. The summed E-state index contributed by atoms with van der Waals surface area (Å²) in [4.78, 5) is 4.10. The van der Waals surface area contributed by atoms with Gasteiger partial charge in [-0.15, -0.1) is 0 Å². The van der Waals surface area contributed by atoms with Gasteiger partial charge < -0.3 is 10.3 Å². The summed E-state index contributed by atoms with van der Waals surface area (Å²) in [5, 5.41) is 0. The normalized spacial score (nSPS) is 10.5. The van der Waals surface area contributed by atoms with Crippen LogP contribution in [0.4, 0.5) is 0 Å². The standard InChI is InChI=1S/C12H15N3/c1-15-9-14-8-12(15)11-4-2-10(3-5-11)6-7-13/h2-5,8-9H,6-7,13H2,1H3. The Kier molecular flexibility index (Phi) is 2.83. The molecule has 0 unspecified atom stereocenters. The molecule has 0 aliphatic carbocycles. The third-order valence-corrected chi connectivity index (χ3v) is 2.50. The van der Waals surface area contributed by atoms with Crippen molar-refractivity contribution in [1.29, 1.82) is 0 Å². The van der Waals surface area contributed by atoms with Gasteiger partial charge in [0.05, 0.1) is 18.2 Å². The zero-order valence-electron chi connectivity index (χ0n) is 8.85. The van der Waals surface area contributed by atoms with Crippen molar-refractivity contribution in [3.05, 3.63) is 42.4 Å². The first-order valence-corrected chi connectivity index (χ1v) is 5.07. The van der Waals surface area contributed by atoms with Gasteiger partial charge in [0.2, 0.25) is 0 Å². The van der Waals surface area contributed by atoms with Gasteiger partial charge in [0.25, 0.3) is 0 Å². The van der Waals surface area contributed by atoms with Crippen LogP contribution in [0.5, 0.6) is 0 Å². The van der Waals surface area contributed by atoms with Crippen LogP contribution in [0.15, 0.2) is 36.8 Å². The lowest BCUT2D eigenvalue weighted by Gasteiger charge is -2.03. The lowest BCUT2D eigenvalue weighted by atomic mass is 10.1. The molecule has 0 bridgehead atoms. The molecule has 15 heavy (non-hydrogen) atoms. The van der Waals surface area contributed by atoms with E-state index in [4.69, 9.17) is 5.73 Å². The van der Waals surface area contributed by atoms with Crippen molar-refractivity contribution in [1.82, 2.24) is 9.55 Å². The number of nitrogens with zero attached hydrogens (tertiary/aromatic N) is 2. The third-order valence-electron chi connectivity index (χ3n) is 2.50. The highest BCUT2D eigenvalue weighted by Gasteiger charge is 2.01. The first kappa shape index (κ1) is 9.93. The Morgan fingerprint density at radius 1 is 1.27 bits per heavy atom. The molecule has 1 heterocycles. The zero-order chi connectivity index (χ0) is 10.7. The maximum Gasteiger partial charge on any atom is 0.0948 e. The van der Waals surface area contributed by atoms with Gasteiger partial charge in [-0.3, -0.25) is 0 Å². The average Bonchev–Trinajstić information content (AvgIpc) is 2.66. The summed E-state index contributed by atoms with van der Waals surface area (Å²) in [6.45, 7) is 0.699. The number of benzene rings is 1. The molecule has 0 atom stereocenters. The Balaban J connectivity index is 2.28. The van der Waals surface area contributed by atoms with Crippen LogP contribution in [0, 0.1) is 0 Å². The van der Waals surface area contributed by atoms with E-state index in [-0.39, 0.29) is 0 Å². The Bertz CT molecular complexity index is 428. The van der Waals surface area contributed by atoms with Crippen molar-refractivity contribution in [2.75, 3.05) is 6.54 Å². The molecule has 2 rings (SSSR count). The largest absolute Gasteiger partial charge is 0.334 e. The van der Waals surface area contributed by atoms with Gasteiger partial charge in [-0.05, 0) is 24.1 Å². The van der Waals surface area contributed by atoms with Crippen LogP contribution in [0.3, 0.4) is 0 Å². The van der Waals surface area contributed by atoms with Crippen LogP contribution < -0.4 is 5.73 Å². The highest BCUT2D eigenvalue weighted by Crippen LogP contribution is 2.18. The van der Waals surface area contributed by atoms with E-state index in [9.17, 15) is 0 Å². The van der Waals surface area contributed by atoms with Gasteiger partial charge in [0.1, 0.15) is 0 Å². The zero-order valence-corrected chi connectivity index (χ0v) is 8.85. The molecular formula is C12H15N3. The van der Waals surface area contributed by atoms with Crippen molar-refractivity contribution < 1.29 is 0 Å². The minimum Gasteiger partial charge on any atom is -0.334 e. The molecule has 0 fully saturated rings. The van der Waals surface area contributed by atoms with Crippen LogP contribution in [0.1, 0.15) is 5.56 Å². The summed E-state index contributed by atoms with van der Waals surface area (Å²) in [7, 11) is 2.00. The van der Waals surface area contributed by atoms with Crippen LogP contribution >= 0.6 is 0 Å². The predicted molar refractivity (Wildman–Crippen MR) is 61.4 cm³/mol. The number of imidazole rings is 1. The second-order valence-electron chi connectivity index (χ2n) is 3.63. The number of aryl methyl sites for hydroxylation is 1. The fourth-order valence-corrected chi connectivity index (χ4v) is 1.64. The van der Waals surface area contributed by atoms with Gasteiger partial charge in [-0.25, -0.2) is 4.98 Å². The molecule has 3 nitrogen and oxygen atoms in total. The molecule has 2 N–H and O–H groups in total. The molecule has 1 aromatic heterocycles. The fraction of sp³-hybridized carbons (Fsp3) is 0.250. The Hall–Kier alpha value is -1.61. The summed E-state index contributed by atoms with van der Waals surface area (Å²) in [6.07, 6.45) is 4.62. The van der Waals surface area contributed by atoms with Gasteiger partial charge in [-0.1, -0.05) is 24.3 Å². The van der Waals surface area contributed by atoms with Gasteiger partial charge in [-0.2, -0.15) is 0 Å². The lowest BCUT2D eigenvalue weighted by molar-refractivity contribution is 0.920. The first-order chi connectivity index (χ1) is 7.31. The van der Waals surface area contributed by atoms with Crippen LogP contribution in [0.25, 0.3) is 11.3 Å². The predicted octanol–water partition coefficient (Wildman–Crippen LogP) is 1.59. The molecule has 2 aromatic rings. The topological polar surface area (TPSA) is 43.8 Å². The first-order valence-electron chi connectivity index (χ1n) is 5.07. The van der Waals surface area contributed by atoms with Crippen molar-refractivity contribution in [3.63, 3.8) is 0 Å². The van der Waals surface area contributed by atoms with E-state index >= 15 is 0 Å². The highest BCUT2D eigenvalue weighted by molar-refractivity contribution is 5.59. The number of aromatic nitrogens is 2. The number of nitrogens with two attached hydrogens (primary N) is 1. The molecule has 0 aliphatic rings. The maximum atomic E-state index is 5.50. The highest BCUT2D eigenvalue weighted by atomic mass is 15.0. The molecule has 0 saturated heterocycles. The summed E-state index contributed by atoms with van der Waals surface area (Å²) in [5.41, 5.74) is 9.11. The van der Waals surface area contributed by atoms with Gasteiger partial charge >= 0.3 is 0 Å². The number of hydrogen-bond acceptors (Lipinski definition) is 2. The molecule has 3 heteroatoms. The Morgan fingerprint density at radius 3 is 2.53 bits per heavy atom. The van der Waals surface area contributed by atoms with E-state index in [1.54, 1.807) is 0 Å². The third kappa shape index (κ3) is 2.07. The van der Waals surface area contributed by atoms with Crippen molar-refractivity contribution in [2.24, 2.45) is 12.8 Å². The lowest BCUT2D eigenvalue weighted by Crippen LogP contribution is -2.02. The van der Waals surface area contributed by atoms with E-state index in [1.165, 1.54) is 11.1 Å². The van der Waals surface area contributed by atoms with E-state index < -0.39 is 0 Å². The molecule has 0 radical (unpaired) electrons. The smallest absolute Gasteiger partial charge is 0.0948 e. The molecule has 0 spiro atoms. The summed E-state index contributed by atoms with van der Waals surface area (Å²) in [6, 6.07) is 8.47. The minimum atomic E-state index is 0.699. The second kappa shape index (κ2) is 4.28. The van der Waals surface area contributed by atoms with Crippen LogP contribution in [-0.2, 0) is 13.5 Å². The van der Waals surface area contributed by atoms with Gasteiger partial charge in [0, 0.05) is 7.05 Å². The van der Waals surface area contributed by atoms with Crippen molar-refractivity contribution in [3.8, 4) is 11.3 Å². The molecule has 1 aromatic carbocycles. The van der Waals surface area contributed by atoms with E-state index in [0.717, 1.165) is 12.1 Å². The number of rotatable bonds is 3. The Morgan fingerprint density at radius 2 is 2.00 bits per heavy atom. The van der Waals surface area contributed by atoms with Crippen LogP contribution in [-0.4, -0.2) is 16.1 Å². The Labute approximate surface area is 89.6 Å². The average molecular weight is 201 g/mol. The summed E-state index contributed by atoms with van der Waals surface area (Å²) < 4.78 is 2.01. The fourth-order valence-electron chi connectivity index (χ4n) is 1.64. The second-order valence-corrected chi connectivity index (χ2v) is 3.63. The molecular weight excluding hydrogens is 186 g/mol. The van der Waals surface area contributed by atoms with Crippen molar-refractivity contribution in [2.45, 2.75) is 6.42 Å². The maximum absolute atomic E-state index is 5.50. The summed E-state index contributed by atoms with van der Waals surface area (Å²) in [5.74, 6) is 0. The minimum absolute atomic E-state index is 0.699. The van der Waals surface area contributed by atoms with Crippen molar-refractivity contribution >= 4 is 0 Å². The number of hydrogen-bond donors (Lipinski definition) is 1. The molecule has 0 aliphatic heterocycles. The molecule has 78 valence electrons. The van der Waals surface area contributed by atoms with Gasteiger partial charge in [0.15, 0.2) is 0 Å². The van der Waals surface area contributed by atoms with E-state index in [1.807, 2.05) is 24.1 Å². The van der Waals surface area contributed by atoms with Crippen LogP contribution in [0.2, 0.25) is 0 Å².